The first kappa shape index (κ1) is 11.3. The van der Waals surface area contributed by atoms with E-state index in [4.69, 9.17) is 23.2 Å². The first-order chi connectivity index (χ1) is 6.56. The van der Waals surface area contributed by atoms with E-state index in [1.165, 1.54) is 0 Å². The predicted octanol–water partition coefficient (Wildman–Crippen LogP) is 1.76. The van der Waals surface area contributed by atoms with E-state index in [2.05, 4.69) is 9.47 Å². The fourth-order valence-corrected chi connectivity index (χ4v) is 0.974. The minimum atomic E-state index is -0.833. The molecule has 0 aromatic rings. The summed E-state index contributed by atoms with van der Waals surface area (Å²) in [4.78, 5) is 21.9. The summed E-state index contributed by atoms with van der Waals surface area (Å²) in [6.07, 6.45) is 1.58. The van der Waals surface area contributed by atoms with Gasteiger partial charge in [-0.05, 0) is 24.4 Å². The summed E-state index contributed by atoms with van der Waals surface area (Å²) < 4.78 is 8.92. The Kier molecular flexibility index (Phi) is 3.77. The maximum absolute atomic E-state index is 11.1. The number of hydrogen-bond acceptors (Lipinski definition) is 4. The fourth-order valence-electron chi connectivity index (χ4n) is 0.705. The van der Waals surface area contributed by atoms with Crippen molar-refractivity contribution >= 4 is 35.1 Å². The molecule has 0 atom stereocenters. The van der Waals surface area contributed by atoms with Crippen molar-refractivity contribution in [2.75, 3.05) is 7.11 Å². The molecule has 0 amide bonds. The fraction of sp³-hybridized carbons (Fsp3) is 0.500. The van der Waals surface area contributed by atoms with Gasteiger partial charge in [-0.1, -0.05) is 11.6 Å². The second-order valence-electron chi connectivity index (χ2n) is 2.77. The minimum absolute atomic E-state index is 0.106. The summed E-state index contributed by atoms with van der Waals surface area (Å²) in [6, 6.07) is 0. The molecule has 0 N–H and O–H groups in total. The Balaban J connectivity index is 2.57. The van der Waals surface area contributed by atoms with Gasteiger partial charge in [0.05, 0.1) is 13.0 Å². The number of carbonyl (C=O) groups is 2. The van der Waals surface area contributed by atoms with Gasteiger partial charge in [-0.25, -0.2) is 4.79 Å². The van der Waals surface area contributed by atoms with Gasteiger partial charge >= 0.3 is 11.9 Å². The van der Waals surface area contributed by atoms with Crippen molar-refractivity contribution < 1.29 is 19.1 Å². The third-order valence-corrected chi connectivity index (χ3v) is 2.33. The molecule has 1 aliphatic rings. The van der Waals surface area contributed by atoms with Crippen LogP contribution in [0, 0.1) is 5.92 Å². The van der Waals surface area contributed by atoms with Gasteiger partial charge in [-0.15, -0.1) is 0 Å². The van der Waals surface area contributed by atoms with Gasteiger partial charge in [0.1, 0.15) is 0 Å². The van der Waals surface area contributed by atoms with Crippen LogP contribution in [-0.2, 0) is 19.1 Å². The maximum atomic E-state index is 11.1. The highest BCUT2D eigenvalue weighted by atomic mass is 35.5. The second-order valence-corrected chi connectivity index (χ2v) is 3.50. The molecule has 4 nitrogen and oxygen atoms in total. The number of carbonyl (C=O) groups excluding carboxylic acids is 2. The Bertz CT molecular complexity index is 294. The van der Waals surface area contributed by atoms with Gasteiger partial charge in [0.25, 0.3) is 0 Å². The molecular weight excluding hydrogens is 231 g/mol. The maximum Gasteiger partial charge on any atom is 0.354 e. The van der Waals surface area contributed by atoms with E-state index in [1.807, 2.05) is 0 Å². The van der Waals surface area contributed by atoms with E-state index in [0.29, 0.717) is 0 Å². The van der Waals surface area contributed by atoms with Crippen LogP contribution in [0.2, 0.25) is 0 Å². The normalized spacial score (nSPS) is 17.1. The molecule has 0 spiro atoms. The monoisotopic (exact) mass is 238 g/mol. The zero-order valence-electron chi connectivity index (χ0n) is 7.38. The van der Waals surface area contributed by atoms with E-state index in [9.17, 15) is 9.59 Å². The van der Waals surface area contributed by atoms with Crippen LogP contribution in [0.1, 0.15) is 12.8 Å². The molecule has 0 aromatic carbocycles. The largest absolute Gasteiger partial charge is 0.465 e. The van der Waals surface area contributed by atoms with Crippen LogP contribution in [-0.4, -0.2) is 19.0 Å². The van der Waals surface area contributed by atoms with Gasteiger partial charge in [-0.2, -0.15) is 0 Å². The molecule has 0 radical (unpaired) electrons. The first-order valence-electron chi connectivity index (χ1n) is 3.91. The summed E-state index contributed by atoms with van der Waals surface area (Å²) in [6.45, 7) is 0. The molecule has 78 valence electrons. The summed E-state index contributed by atoms with van der Waals surface area (Å²) >= 11 is 10.9. The molecule has 1 rings (SSSR count). The number of halogens is 2. The van der Waals surface area contributed by atoms with Crippen LogP contribution in [0.5, 0.6) is 0 Å². The molecule has 1 saturated carbocycles. The number of esters is 2. The van der Waals surface area contributed by atoms with Crippen molar-refractivity contribution in [3.8, 4) is 0 Å². The summed E-state index contributed by atoms with van der Waals surface area (Å²) in [5.74, 6) is -1.40. The SMILES string of the molecule is COC(=O)/C(Cl)=C(\Cl)OC(=O)C1CC1. The molecule has 0 bridgehead atoms. The van der Waals surface area contributed by atoms with E-state index in [0.717, 1.165) is 20.0 Å². The molecule has 0 saturated heterocycles. The molecule has 0 aliphatic heterocycles. The molecule has 14 heavy (non-hydrogen) atoms. The number of rotatable bonds is 3. The van der Waals surface area contributed by atoms with Crippen LogP contribution < -0.4 is 0 Å². The number of hydrogen-bond donors (Lipinski definition) is 0. The highest BCUT2D eigenvalue weighted by Gasteiger charge is 2.32. The zero-order valence-corrected chi connectivity index (χ0v) is 8.89. The predicted molar refractivity (Wildman–Crippen MR) is 49.6 cm³/mol. The van der Waals surface area contributed by atoms with Gasteiger partial charge in [0.2, 0.25) is 5.22 Å². The highest BCUT2D eigenvalue weighted by Crippen LogP contribution is 2.32. The molecule has 1 aliphatic carbocycles. The lowest BCUT2D eigenvalue weighted by Crippen LogP contribution is -2.08. The Morgan fingerprint density at radius 2 is 1.86 bits per heavy atom. The first-order valence-corrected chi connectivity index (χ1v) is 4.67. The van der Waals surface area contributed by atoms with Gasteiger partial charge in [0.15, 0.2) is 5.03 Å². The van der Waals surface area contributed by atoms with Crippen LogP contribution >= 0.6 is 23.2 Å². The Morgan fingerprint density at radius 1 is 1.29 bits per heavy atom. The van der Waals surface area contributed by atoms with E-state index >= 15 is 0 Å². The summed E-state index contributed by atoms with van der Waals surface area (Å²) in [7, 11) is 1.15. The van der Waals surface area contributed by atoms with Gasteiger partial charge in [-0.3, -0.25) is 4.79 Å². The molecule has 0 unspecified atom stereocenters. The van der Waals surface area contributed by atoms with Crippen molar-refractivity contribution in [2.45, 2.75) is 12.8 Å². The Labute approximate surface area is 90.8 Å². The molecule has 1 fully saturated rings. The number of methoxy groups -OCH3 is 1. The number of ether oxygens (including phenoxy) is 2. The van der Waals surface area contributed by atoms with E-state index in [1.54, 1.807) is 0 Å². The van der Waals surface area contributed by atoms with Gasteiger partial charge < -0.3 is 9.47 Å². The van der Waals surface area contributed by atoms with Crippen molar-refractivity contribution in [3.05, 3.63) is 10.3 Å². The summed E-state index contributed by atoms with van der Waals surface area (Å²) in [5.41, 5.74) is 0. The quantitative estimate of drug-likeness (QED) is 0.427. The Hall–Kier alpha value is -0.740. The average molecular weight is 239 g/mol. The smallest absolute Gasteiger partial charge is 0.354 e. The molecular formula is C8H8Cl2O4. The van der Waals surface area contributed by atoms with Crippen LogP contribution in [0.25, 0.3) is 0 Å². The van der Waals surface area contributed by atoms with Crippen molar-refractivity contribution in [2.24, 2.45) is 5.92 Å². The summed E-state index contributed by atoms with van der Waals surface area (Å²) in [5, 5.41) is -0.862. The lowest BCUT2D eigenvalue weighted by atomic mass is 10.4. The molecule has 6 heteroatoms. The zero-order chi connectivity index (χ0) is 10.7. The van der Waals surface area contributed by atoms with Crippen LogP contribution in [0.15, 0.2) is 10.3 Å². The molecule has 0 heterocycles. The van der Waals surface area contributed by atoms with E-state index in [-0.39, 0.29) is 5.92 Å². The topological polar surface area (TPSA) is 52.6 Å². The molecule has 0 aromatic heterocycles. The highest BCUT2D eigenvalue weighted by molar-refractivity contribution is 6.47. The second kappa shape index (κ2) is 4.66. The Morgan fingerprint density at radius 3 is 2.29 bits per heavy atom. The third kappa shape index (κ3) is 2.89. The van der Waals surface area contributed by atoms with Crippen LogP contribution in [0.4, 0.5) is 0 Å². The lowest BCUT2D eigenvalue weighted by Gasteiger charge is -2.02. The van der Waals surface area contributed by atoms with Gasteiger partial charge in [0, 0.05) is 0 Å². The van der Waals surface area contributed by atoms with Crippen LogP contribution in [0.3, 0.4) is 0 Å². The average Bonchev–Trinajstić information content (AvgIpc) is 2.98. The standard InChI is InChI=1S/C8H8Cl2O4/c1-13-8(12)5(9)6(10)14-7(11)4-2-3-4/h4H,2-3H2,1H3/b6-5-. The third-order valence-electron chi connectivity index (χ3n) is 1.64. The van der Waals surface area contributed by atoms with Crippen molar-refractivity contribution in [1.82, 2.24) is 0 Å². The lowest BCUT2D eigenvalue weighted by molar-refractivity contribution is -0.140. The van der Waals surface area contributed by atoms with Crippen molar-refractivity contribution in [3.63, 3.8) is 0 Å². The minimum Gasteiger partial charge on any atom is -0.465 e. The van der Waals surface area contributed by atoms with Crippen molar-refractivity contribution in [1.29, 1.82) is 0 Å². The van der Waals surface area contributed by atoms with E-state index < -0.39 is 22.2 Å².